The van der Waals surface area contributed by atoms with Crippen molar-refractivity contribution in [1.29, 1.82) is 5.26 Å². The Balaban J connectivity index is 1.62. The average molecular weight is 319 g/mol. The Kier molecular flexibility index (Phi) is 4.48. The Morgan fingerprint density at radius 2 is 1.96 bits per heavy atom. The van der Waals surface area contributed by atoms with Crippen LogP contribution < -0.4 is 10.6 Å². The van der Waals surface area contributed by atoms with E-state index >= 15 is 0 Å². The minimum absolute atomic E-state index is 0.254. The maximum absolute atomic E-state index is 12.1. The molecule has 5 nitrogen and oxygen atoms in total. The maximum Gasteiger partial charge on any atom is 0.319 e. The van der Waals surface area contributed by atoms with Crippen LogP contribution in [0, 0.1) is 11.3 Å². The van der Waals surface area contributed by atoms with Crippen LogP contribution in [0.15, 0.2) is 59.0 Å². The molecular formula is C19H17N3O2. The van der Waals surface area contributed by atoms with E-state index in [0.29, 0.717) is 17.9 Å². The Morgan fingerprint density at radius 1 is 1.21 bits per heavy atom. The highest BCUT2D eigenvalue weighted by Gasteiger charge is 2.14. The second-order valence-corrected chi connectivity index (χ2v) is 5.54. The zero-order chi connectivity index (χ0) is 16.9. The summed E-state index contributed by atoms with van der Waals surface area (Å²) in [4.78, 5) is 12.1. The summed E-state index contributed by atoms with van der Waals surface area (Å²) in [5, 5.41) is 15.3. The lowest BCUT2D eigenvalue weighted by molar-refractivity contribution is 0.248. The highest BCUT2D eigenvalue weighted by Crippen LogP contribution is 2.23. The molecule has 2 amide bonds. The number of nitriles is 1. The van der Waals surface area contributed by atoms with Crippen molar-refractivity contribution in [2.75, 3.05) is 5.32 Å². The van der Waals surface area contributed by atoms with E-state index in [0.717, 1.165) is 16.5 Å². The van der Waals surface area contributed by atoms with Crippen LogP contribution in [-0.2, 0) is 6.42 Å². The fraction of sp³-hybridized carbons (Fsp3) is 0.158. The molecule has 1 atom stereocenters. The number of hydrogen-bond acceptors (Lipinski definition) is 3. The minimum Gasteiger partial charge on any atom is -0.459 e. The summed E-state index contributed by atoms with van der Waals surface area (Å²) < 4.78 is 5.75. The fourth-order valence-corrected chi connectivity index (χ4v) is 2.45. The van der Waals surface area contributed by atoms with Gasteiger partial charge in [0.25, 0.3) is 0 Å². The number of furan rings is 1. The molecule has 0 bridgehead atoms. The molecule has 0 saturated heterocycles. The van der Waals surface area contributed by atoms with Gasteiger partial charge in [-0.3, -0.25) is 0 Å². The van der Waals surface area contributed by atoms with Crippen LogP contribution in [0.5, 0.6) is 0 Å². The van der Waals surface area contributed by atoms with Gasteiger partial charge in [-0.05, 0) is 36.8 Å². The Morgan fingerprint density at radius 3 is 2.67 bits per heavy atom. The van der Waals surface area contributed by atoms with Gasteiger partial charge < -0.3 is 15.1 Å². The van der Waals surface area contributed by atoms with Gasteiger partial charge in [-0.1, -0.05) is 30.3 Å². The van der Waals surface area contributed by atoms with Gasteiger partial charge in [-0.15, -0.1) is 0 Å². The third-order valence-corrected chi connectivity index (χ3v) is 3.71. The van der Waals surface area contributed by atoms with Crippen LogP contribution in [0.2, 0.25) is 0 Å². The molecule has 0 spiro atoms. The zero-order valence-corrected chi connectivity index (χ0v) is 13.2. The lowest BCUT2D eigenvalue weighted by atomic mass is 10.1. The van der Waals surface area contributed by atoms with Crippen molar-refractivity contribution in [2.45, 2.75) is 19.4 Å². The number of para-hydroxylation sites is 1. The summed E-state index contributed by atoms with van der Waals surface area (Å²) in [6.45, 7) is 1.87. The first-order valence-electron chi connectivity index (χ1n) is 7.67. The second-order valence-electron chi connectivity index (χ2n) is 5.54. The number of hydrogen-bond donors (Lipinski definition) is 2. The predicted molar refractivity (Wildman–Crippen MR) is 92.5 cm³/mol. The molecule has 0 radical (unpaired) electrons. The van der Waals surface area contributed by atoms with Crippen LogP contribution in [0.25, 0.3) is 11.0 Å². The monoisotopic (exact) mass is 319 g/mol. The number of nitrogens with zero attached hydrogens (tertiary/aromatic N) is 1. The molecule has 5 heteroatoms. The van der Waals surface area contributed by atoms with E-state index in [1.807, 2.05) is 49.4 Å². The Bertz CT molecular complexity index is 858. The topological polar surface area (TPSA) is 78.1 Å². The summed E-state index contributed by atoms with van der Waals surface area (Å²) in [6.07, 6.45) is 0.357. The van der Waals surface area contributed by atoms with Crippen molar-refractivity contribution in [3.8, 4) is 6.07 Å². The summed E-state index contributed by atoms with van der Waals surface area (Å²) in [5.74, 6) is 0.704. The summed E-state index contributed by atoms with van der Waals surface area (Å²) in [6, 6.07) is 18.4. The normalized spacial score (nSPS) is 11.7. The SMILES string of the molecule is CC(NC(=O)Nc1ccc(CC#N)cc1)c1cc2ccccc2o1. The molecule has 0 saturated carbocycles. The van der Waals surface area contributed by atoms with Gasteiger partial charge in [0.1, 0.15) is 11.3 Å². The largest absolute Gasteiger partial charge is 0.459 e. The summed E-state index contributed by atoms with van der Waals surface area (Å²) in [7, 11) is 0. The Labute approximate surface area is 139 Å². The quantitative estimate of drug-likeness (QED) is 0.749. The molecule has 0 aliphatic carbocycles. The molecule has 3 aromatic rings. The molecule has 2 aromatic carbocycles. The number of fused-ring (bicyclic) bond motifs is 1. The van der Waals surface area contributed by atoms with Crippen molar-refractivity contribution in [3.63, 3.8) is 0 Å². The van der Waals surface area contributed by atoms with Crippen molar-refractivity contribution < 1.29 is 9.21 Å². The summed E-state index contributed by atoms with van der Waals surface area (Å²) >= 11 is 0. The van der Waals surface area contributed by atoms with E-state index in [1.165, 1.54) is 0 Å². The van der Waals surface area contributed by atoms with Crippen LogP contribution in [0.4, 0.5) is 10.5 Å². The van der Waals surface area contributed by atoms with Crippen molar-refractivity contribution in [3.05, 3.63) is 65.9 Å². The molecule has 120 valence electrons. The van der Waals surface area contributed by atoms with Crippen LogP contribution in [0.3, 0.4) is 0 Å². The van der Waals surface area contributed by atoms with E-state index in [-0.39, 0.29) is 12.1 Å². The van der Waals surface area contributed by atoms with Crippen LogP contribution in [0.1, 0.15) is 24.3 Å². The highest BCUT2D eigenvalue weighted by atomic mass is 16.3. The van der Waals surface area contributed by atoms with Gasteiger partial charge in [0, 0.05) is 11.1 Å². The van der Waals surface area contributed by atoms with Crippen molar-refractivity contribution in [1.82, 2.24) is 5.32 Å². The summed E-state index contributed by atoms with van der Waals surface area (Å²) in [5.41, 5.74) is 2.39. The fourth-order valence-electron chi connectivity index (χ4n) is 2.45. The molecule has 0 fully saturated rings. The van der Waals surface area contributed by atoms with Gasteiger partial charge in [-0.25, -0.2) is 4.79 Å². The van der Waals surface area contributed by atoms with Crippen molar-refractivity contribution >= 4 is 22.7 Å². The number of carbonyl (C=O) groups is 1. The number of amides is 2. The molecule has 3 rings (SSSR count). The average Bonchev–Trinajstić information content (AvgIpc) is 3.01. The van der Waals surface area contributed by atoms with E-state index in [1.54, 1.807) is 12.1 Å². The first-order chi connectivity index (χ1) is 11.7. The number of benzene rings is 2. The third kappa shape index (κ3) is 3.55. The van der Waals surface area contributed by atoms with E-state index in [9.17, 15) is 4.79 Å². The first kappa shape index (κ1) is 15.6. The van der Waals surface area contributed by atoms with Crippen LogP contribution >= 0.6 is 0 Å². The molecule has 1 heterocycles. The van der Waals surface area contributed by atoms with Crippen molar-refractivity contribution in [2.24, 2.45) is 0 Å². The van der Waals surface area contributed by atoms with Gasteiger partial charge in [0.2, 0.25) is 0 Å². The van der Waals surface area contributed by atoms with E-state index in [2.05, 4.69) is 16.7 Å². The lowest BCUT2D eigenvalue weighted by Gasteiger charge is -2.12. The smallest absolute Gasteiger partial charge is 0.319 e. The number of nitrogens with one attached hydrogen (secondary N) is 2. The lowest BCUT2D eigenvalue weighted by Crippen LogP contribution is -2.30. The molecule has 1 aromatic heterocycles. The number of anilines is 1. The molecule has 0 aliphatic heterocycles. The molecule has 24 heavy (non-hydrogen) atoms. The van der Waals surface area contributed by atoms with E-state index < -0.39 is 0 Å². The maximum atomic E-state index is 12.1. The van der Waals surface area contributed by atoms with Gasteiger partial charge in [-0.2, -0.15) is 5.26 Å². The zero-order valence-electron chi connectivity index (χ0n) is 13.2. The highest BCUT2D eigenvalue weighted by molar-refractivity contribution is 5.89. The number of urea groups is 1. The van der Waals surface area contributed by atoms with Crippen LogP contribution in [-0.4, -0.2) is 6.03 Å². The predicted octanol–water partition coefficient (Wildman–Crippen LogP) is 4.38. The number of carbonyl (C=O) groups excluding carboxylic acids is 1. The molecule has 1 unspecified atom stereocenters. The molecular weight excluding hydrogens is 302 g/mol. The minimum atomic E-state index is -0.309. The van der Waals surface area contributed by atoms with E-state index in [4.69, 9.17) is 9.68 Å². The molecule has 2 N–H and O–H groups in total. The Hall–Kier alpha value is -3.26. The standard InChI is InChI=1S/C19H17N3O2/c1-13(18-12-15-4-2-3-5-17(15)24-18)21-19(23)22-16-8-6-14(7-9-16)10-11-20/h2-9,12-13H,10H2,1H3,(H2,21,22,23). The van der Waals surface area contributed by atoms with Gasteiger partial charge >= 0.3 is 6.03 Å². The first-order valence-corrected chi connectivity index (χ1v) is 7.67. The number of rotatable bonds is 4. The van der Waals surface area contributed by atoms with Gasteiger partial charge in [0.15, 0.2) is 0 Å². The molecule has 0 aliphatic rings. The van der Waals surface area contributed by atoms with Gasteiger partial charge in [0.05, 0.1) is 18.5 Å². The third-order valence-electron chi connectivity index (χ3n) is 3.71. The second kappa shape index (κ2) is 6.88.